The molecular formula is C12H10Cl2F4N2. The van der Waals surface area contributed by atoms with Gasteiger partial charge >= 0.3 is 12.3 Å². The third kappa shape index (κ3) is 2.72. The van der Waals surface area contributed by atoms with E-state index in [1.807, 2.05) is 0 Å². The second-order valence-electron chi connectivity index (χ2n) is 4.34. The number of benzene rings is 1. The SMILES string of the molecule is CC(Cl)c1nc2c(Cl)cccc2n1CC(F)(F)C(F)F. The van der Waals surface area contributed by atoms with Gasteiger partial charge in [0, 0.05) is 0 Å². The largest absolute Gasteiger partial charge is 0.324 e. The van der Waals surface area contributed by atoms with E-state index in [-0.39, 0.29) is 21.9 Å². The van der Waals surface area contributed by atoms with Crippen LogP contribution in [0.1, 0.15) is 18.1 Å². The molecule has 8 heteroatoms. The molecule has 0 N–H and O–H groups in total. The van der Waals surface area contributed by atoms with Crippen molar-refractivity contribution < 1.29 is 17.6 Å². The minimum atomic E-state index is -4.17. The Morgan fingerprint density at radius 1 is 1.35 bits per heavy atom. The van der Waals surface area contributed by atoms with Gasteiger partial charge in [-0.15, -0.1) is 11.6 Å². The van der Waals surface area contributed by atoms with Gasteiger partial charge in [0.2, 0.25) is 0 Å². The summed E-state index contributed by atoms with van der Waals surface area (Å²) < 4.78 is 52.4. The van der Waals surface area contributed by atoms with Crippen LogP contribution < -0.4 is 0 Å². The highest BCUT2D eigenvalue weighted by Gasteiger charge is 2.42. The summed E-state index contributed by atoms with van der Waals surface area (Å²) in [6.45, 7) is 0.321. The first-order chi connectivity index (χ1) is 9.24. The monoisotopic (exact) mass is 328 g/mol. The van der Waals surface area contributed by atoms with Crippen LogP contribution in [0.5, 0.6) is 0 Å². The Balaban J connectivity index is 2.61. The standard InChI is InChI=1S/C12H10Cl2F4N2/c1-6(13)10-19-9-7(14)3-2-4-8(9)20(10)5-12(17,18)11(15)16/h2-4,6,11H,5H2,1H3. The van der Waals surface area contributed by atoms with Gasteiger partial charge in [-0.2, -0.15) is 8.78 Å². The van der Waals surface area contributed by atoms with E-state index in [1.54, 1.807) is 0 Å². The molecule has 2 nitrogen and oxygen atoms in total. The molecule has 20 heavy (non-hydrogen) atoms. The average molecular weight is 329 g/mol. The highest BCUT2D eigenvalue weighted by atomic mass is 35.5. The van der Waals surface area contributed by atoms with Gasteiger partial charge in [-0.25, -0.2) is 13.8 Å². The third-order valence-corrected chi connectivity index (χ3v) is 3.30. The van der Waals surface area contributed by atoms with Crippen molar-refractivity contribution in [2.24, 2.45) is 0 Å². The van der Waals surface area contributed by atoms with Gasteiger partial charge in [-0.05, 0) is 19.1 Å². The molecule has 1 aromatic heterocycles. The van der Waals surface area contributed by atoms with E-state index >= 15 is 0 Å². The molecule has 2 aromatic rings. The molecule has 1 unspecified atom stereocenters. The number of para-hydroxylation sites is 1. The fourth-order valence-electron chi connectivity index (χ4n) is 1.88. The summed E-state index contributed by atoms with van der Waals surface area (Å²) >= 11 is 11.8. The van der Waals surface area contributed by atoms with E-state index in [2.05, 4.69) is 4.98 Å². The molecule has 0 fully saturated rings. The Bertz CT molecular complexity index is 625. The zero-order valence-electron chi connectivity index (χ0n) is 10.3. The fourth-order valence-corrected chi connectivity index (χ4v) is 2.26. The van der Waals surface area contributed by atoms with Crippen molar-refractivity contribution in [3.05, 3.63) is 29.0 Å². The van der Waals surface area contributed by atoms with Crippen LogP contribution in [0.4, 0.5) is 17.6 Å². The summed E-state index contributed by atoms with van der Waals surface area (Å²) in [7, 11) is 0. The molecule has 0 bridgehead atoms. The molecular weight excluding hydrogens is 319 g/mol. The van der Waals surface area contributed by atoms with Crippen molar-refractivity contribution in [2.75, 3.05) is 0 Å². The third-order valence-electron chi connectivity index (χ3n) is 2.80. The summed E-state index contributed by atoms with van der Waals surface area (Å²) in [5.74, 6) is -4.09. The van der Waals surface area contributed by atoms with Crippen LogP contribution in [-0.2, 0) is 6.54 Å². The van der Waals surface area contributed by atoms with E-state index in [0.29, 0.717) is 0 Å². The van der Waals surface area contributed by atoms with Crippen LogP contribution in [0.2, 0.25) is 5.02 Å². The van der Waals surface area contributed by atoms with Crippen molar-refractivity contribution in [1.29, 1.82) is 0 Å². The molecule has 1 atom stereocenters. The number of hydrogen-bond acceptors (Lipinski definition) is 1. The van der Waals surface area contributed by atoms with Crippen LogP contribution in [0, 0.1) is 0 Å². The molecule has 0 saturated carbocycles. The average Bonchev–Trinajstić information content (AvgIpc) is 2.69. The van der Waals surface area contributed by atoms with Crippen LogP contribution in [0.15, 0.2) is 18.2 Å². The normalized spacial score (nSPS) is 14.2. The van der Waals surface area contributed by atoms with Gasteiger partial charge < -0.3 is 4.57 Å². The molecule has 110 valence electrons. The Hall–Kier alpha value is -1.01. The summed E-state index contributed by atoms with van der Waals surface area (Å²) in [5, 5.41) is -0.466. The van der Waals surface area contributed by atoms with Gasteiger partial charge in [0.15, 0.2) is 0 Å². The lowest BCUT2D eigenvalue weighted by molar-refractivity contribution is -0.137. The number of aromatic nitrogens is 2. The minimum absolute atomic E-state index is 0.0788. The second-order valence-corrected chi connectivity index (χ2v) is 5.40. The van der Waals surface area contributed by atoms with E-state index in [0.717, 1.165) is 4.57 Å². The number of halogens is 6. The molecule has 0 amide bonds. The topological polar surface area (TPSA) is 17.8 Å². The van der Waals surface area contributed by atoms with E-state index in [9.17, 15) is 17.6 Å². The zero-order chi connectivity index (χ0) is 15.1. The molecule has 0 radical (unpaired) electrons. The van der Waals surface area contributed by atoms with E-state index in [1.165, 1.54) is 25.1 Å². The van der Waals surface area contributed by atoms with Crippen LogP contribution in [-0.4, -0.2) is 21.9 Å². The van der Waals surface area contributed by atoms with Crippen molar-refractivity contribution >= 4 is 34.2 Å². The first kappa shape index (κ1) is 15.4. The van der Waals surface area contributed by atoms with Crippen LogP contribution >= 0.6 is 23.2 Å². The predicted octanol–water partition coefficient (Wildman–Crippen LogP) is 4.89. The Kier molecular flexibility index (Phi) is 4.16. The lowest BCUT2D eigenvalue weighted by atomic mass is 10.3. The molecule has 1 heterocycles. The predicted molar refractivity (Wildman–Crippen MR) is 70.0 cm³/mol. The summed E-state index contributed by atoms with van der Waals surface area (Å²) in [4.78, 5) is 4.08. The van der Waals surface area contributed by atoms with Gasteiger partial charge in [0.25, 0.3) is 0 Å². The molecule has 0 spiro atoms. The smallest absolute Gasteiger partial charge is 0.320 e. The lowest BCUT2D eigenvalue weighted by Gasteiger charge is -2.18. The molecule has 0 aliphatic carbocycles. The maximum atomic E-state index is 13.3. The summed E-state index contributed by atoms with van der Waals surface area (Å²) in [6, 6.07) is 4.56. The molecule has 0 saturated heterocycles. The number of alkyl halides is 5. The van der Waals surface area contributed by atoms with Gasteiger partial charge in [0.1, 0.15) is 11.3 Å². The number of imidazole rings is 1. The fraction of sp³-hybridized carbons (Fsp3) is 0.417. The maximum absolute atomic E-state index is 13.3. The first-order valence-corrected chi connectivity index (χ1v) is 6.50. The number of hydrogen-bond donors (Lipinski definition) is 0. The van der Waals surface area contributed by atoms with Gasteiger partial charge in [-0.3, -0.25) is 0 Å². The first-order valence-electron chi connectivity index (χ1n) is 5.68. The Labute approximate surface area is 122 Å². The molecule has 0 aliphatic rings. The second kappa shape index (κ2) is 5.41. The number of rotatable bonds is 4. The minimum Gasteiger partial charge on any atom is -0.320 e. The van der Waals surface area contributed by atoms with E-state index < -0.39 is 24.3 Å². The van der Waals surface area contributed by atoms with Gasteiger partial charge in [0.05, 0.1) is 22.5 Å². The summed E-state index contributed by atoms with van der Waals surface area (Å²) in [5.41, 5.74) is 0.516. The lowest BCUT2D eigenvalue weighted by Crippen LogP contribution is -2.32. The highest BCUT2D eigenvalue weighted by Crippen LogP contribution is 2.33. The number of nitrogens with zero attached hydrogens (tertiary/aromatic N) is 2. The Morgan fingerprint density at radius 3 is 2.55 bits per heavy atom. The molecule has 1 aromatic carbocycles. The van der Waals surface area contributed by atoms with Crippen molar-refractivity contribution in [1.82, 2.24) is 9.55 Å². The number of fused-ring (bicyclic) bond motifs is 1. The van der Waals surface area contributed by atoms with Crippen LogP contribution in [0.3, 0.4) is 0 Å². The zero-order valence-corrected chi connectivity index (χ0v) is 11.8. The maximum Gasteiger partial charge on any atom is 0.324 e. The van der Waals surface area contributed by atoms with Crippen molar-refractivity contribution in [2.45, 2.75) is 31.2 Å². The highest BCUT2D eigenvalue weighted by molar-refractivity contribution is 6.35. The van der Waals surface area contributed by atoms with Crippen LogP contribution in [0.25, 0.3) is 11.0 Å². The molecule has 2 rings (SSSR count). The Morgan fingerprint density at radius 2 is 2.00 bits per heavy atom. The van der Waals surface area contributed by atoms with Gasteiger partial charge in [-0.1, -0.05) is 17.7 Å². The quantitative estimate of drug-likeness (QED) is 0.577. The van der Waals surface area contributed by atoms with Crippen molar-refractivity contribution in [3.63, 3.8) is 0 Å². The van der Waals surface area contributed by atoms with E-state index in [4.69, 9.17) is 23.2 Å². The summed E-state index contributed by atoms with van der Waals surface area (Å²) in [6.07, 6.45) is -3.77. The van der Waals surface area contributed by atoms with Crippen molar-refractivity contribution in [3.8, 4) is 0 Å². The molecule has 0 aliphatic heterocycles.